The lowest BCUT2D eigenvalue weighted by Gasteiger charge is -2.20. The van der Waals surface area contributed by atoms with Crippen LogP contribution in [0.1, 0.15) is 12.6 Å². The largest absolute Gasteiger partial charge is 0.393 e. The fourth-order valence-corrected chi connectivity index (χ4v) is 3.05. The van der Waals surface area contributed by atoms with E-state index in [-0.39, 0.29) is 12.5 Å². The lowest BCUT2D eigenvalue weighted by atomic mass is 10.2. The molecule has 2 aliphatic rings. The number of aliphatic hydroxyl groups excluding tert-OH is 2. The fraction of sp³-hybridized carbons (Fsp3) is 0.583. The van der Waals surface area contributed by atoms with Crippen LogP contribution in [0.25, 0.3) is 11.2 Å². The van der Waals surface area contributed by atoms with Crippen molar-refractivity contribution in [2.24, 2.45) is 5.92 Å². The Hall–Kier alpha value is -1.77. The lowest BCUT2D eigenvalue weighted by molar-refractivity contribution is -0.0889. The zero-order chi connectivity index (χ0) is 13.9. The third kappa shape index (κ3) is 1.38. The van der Waals surface area contributed by atoms with Crippen LogP contribution in [0.15, 0.2) is 12.7 Å². The first-order chi connectivity index (χ1) is 9.70. The van der Waals surface area contributed by atoms with Gasteiger partial charge in [-0.05, 0) is 6.42 Å². The summed E-state index contributed by atoms with van der Waals surface area (Å²) < 4.78 is 7.55. The summed E-state index contributed by atoms with van der Waals surface area (Å²) in [5.41, 5.74) is 0.645. The molecular formula is C12H15N5O3. The van der Waals surface area contributed by atoms with Gasteiger partial charge in [0.15, 0.2) is 17.7 Å². The van der Waals surface area contributed by atoms with E-state index in [0.29, 0.717) is 23.4 Å². The topological polar surface area (TPSA) is 105 Å². The minimum atomic E-state index is -0.660. The first kappa shape index (κ1) is 12.0. The monoisotopic (exact) mass is 277 g/mol. The highest BCUT2D eigenvalue weighted by atomic mass is 16.6. The summed E-state index contributed by atoms with van der Waals surface area (Å²) in [7, 11) is 1.76. The Balaban J connectivity index is 1.77. The molecule has 0 amide bonds. The zero-order valence-corrected chi connectivity index (χ0v) is 10.9. The number of imidazole rings is 1. The summed E-state index contributed by atoms with van der Waals surface area (Å²) in [4.78, 5) is 12.6. The lowest BCUT2D eigenvalue weighted by Crippen LogP contribution is -2.24. The summed E-state index contributed by atoms with van der Waals surface area (Å²) in [6.45, 7) is -0.0748. The van der Waals surface area contributed by atoms with Crippen LogP contribution in [0.3, 0.4) is 0 Å². The van der Waals surface area contributed by atoms with Crippen molar-refractivity contribution in [3.05, 3.63) is 12.7 Å². The van der Waals surface area contributed by atoms with E-state index in [1.165, 1.54) is 6.33 Å². The van der Waals surface area contributed by atoms with Crippen molar-refractivity contribution >= 4 is 17.0 Å². The smallest absolute Gasteiger partial charge is 0.167 e. The van der Waals surface area contributed by atoms with Crippen LogP contribution in [0.2, 0.25) is 0 Å². The van der Waals surface area contributed by atoms with E-state index in [0.717, 1.165) is 0 Å². The molecule has 106 valence electrons. The van der Waals surface area contributed by atoms with Crippen molar-refractivity contribution in [3.63, 3.8) is 0 Å². The minimum Gasteiger partial charge on any atom is -0.393 e. The van der Waals surface area contributed by atoms with E-state index in [1.54, 1.807) is 17.9 Å². The quantitative estimate of drug-likeness (QED) is 0.695. The second-order valence-corrected chi connectivity index (χ2v) is 5.33. The van der Waals surface area contributed by atoms with Crippen LogP contribution >= 0.6 is 0 Å². The molecule has 0 aromatic carbocycles. The molecule has 3 heterocycles. The van der Waals surface area contributed by atoms with Gasteiger partial charge in [-0.15, -0.1) is 0 Å². The molecular weight excluding hydrogens is 262 g/mol. The maximum absolute atomic E-state index is 10.3. The number of anilines is 1. The number of rotatable bonds is 3. The number of hydrogen-bond donors (Lipinski definition) is 3. The van der Waals surface area contributed by atoms with Gasteiger partial charge in [0.1, 0.15) is 17.9 Å². The van der Waals surface area contributed by atoms with E-state index in [4.69, 9.17) is 4.74 Å². The molecule has 0 spiro atoms. The molecule has 2 fully saturated rings. The van der Waals surface area contributed by atoms with Gasteiger partial charge in [0.05, 0.1) is 18.5 Å². The van der Waals surface area contributed by atoms with Crippen molar-refractivity contribution in [2.75, 3.05) is 19.0 Å². The van der Waals surface area contributed by atoms with Gasteiger partial charge < -0.3 is 20.3 Å². The Morgan fingerprint density at radius 2 is 2.35 bits per heavy atom. The van der Waals surface area contributed by atoms with Crippen molar-refractivity contribution in [1.29, 1.82) is 0 Å². The maximum Gasteiger partial charge on any atom is 0.167 e. The van der Waals surface area contributed by atoms with Crippen LogP contribution in [0.4, 0.5) is 5.82 Å². The molecule has 2 aromatic rings. The van der Waals surface area contributed by atoms with Crippen molar-refractivity contribution in [2.45, 2.75) is 24.4 Å². The standard InChI is InChI=1S/C12H15N5O3/c1-13-9-7-10(15-4-14-9)17(5-16-7)11-8(19)6-2-12(6,3-18)20-11/h4-6,8,11,18-19H,2-3H2,1H3,(H,13,14,15)/t6?,8?,11-,12-/m1/s1. The predicted molar refractivity (Wildman–Crippen MR) is 68.9 cm³/mol. The number of ether oxygens (including phenoxy) is 1. The first-order valence-corrected chi connectivity index (χ1v) is 6.52. The zero-order valence-electron chi connectivity index (χ0n) is 10.9. The highest BCUT2D eigenvalue weighted by Crippen LogP contribution is 2.59. The van der Waals surface area contributed by atoms with Gasteiger partial charge in [-0.2, -0.15) is 0 Å². The summed E-state index contributed by atoms with van der Waals surface area (Å²) >= 11 is 0. The Morgan fingerprint density at radius 3 is 3.05 bits per heavy atom. The second-order valence-electron chi connectivity index (χ2n) is 5.33. The van der Waals surface area contributed by atoms with Crippen LogP contribution < -0.4 is 5.32 Å². The van der Waals surface area contributed by atoms with Gasteiger partial charge in [-0.3, -0.25) is 4.57 Å². The maximum atomic E-state index is 10.3. The predicted octanol–water partition coefficient (Wildman–Crippen LogP) is -0.491. The molecule has 4 atom stereocenters. The summed E-state index contributed by atoms with van der Waals surface area (Å²) in [5.74, 6) is 0.615. The van der Waals surface area contributed by atoms with Gasteiger partial charge in [-0.25, -0.2) is 15.0 Å². The average molecular weight is 277 g/mol. The van der Waals surface area contributed by atoms with E-state index >= 15 is 0 Å². The number of fused-ring (bicyclic) bond motifs is 2. The van der Waals surface area contributed by atoms with Crippen molar-refractivity contribution in [1.82, 2.24) is 19.5 Å². The third-order valence-electron chi connectivity index (χ3n) is 4.28. The number of nitrogens with zero attached hydrogens (tertiary/aromatic N) is 4. The molecule has 8 heteroatoms. The molecule has 1 aliphatic carbocycles. The summed E-state index contributed by atoms with van der Waals surface area (Å²) in [6.07, 6.45) is 2.50. The van der Waals surface area contributed by atoms with Gasteiger partial charge >= 0.3 is 0 Å². The van der Waals surface area contributed by atoms with E-state index < -0.39 is 17.9 Å². The van der Waals surface area contributed by atoms with E-state index in [2.05, 4.69) is 20.3 Å². The molecule has 2 unspecified atom stereocenters. The summed E-state index contributed by atoms with van der Waals surface area (Å²) in [5, 5.41) is 22.7. The van der Waals surface area contributed by atoms with Crippen LogP contribution in [0, 0.1) is 5.92 Å². The number of hydrogen-bond acceptors (Lipinski definition) is 7. The molecule has 1 aliphatic heterocycles. The normalized spacial score (nSPS) is 35.2. The van der Waals surface area contributed by atoms with Gasteiger partial charge in [0, 0.05) is 13.0 Å². The SMILES string of the molecule is CNc1ncnc2c1ncn2[C@@H]1O[C@@]2(CO)CC2C1O. The minimum absolute atomic E-state index is 0.0134. The number of nitrogens with one attached hydrogen (secondary N) is 1. The van der Waals surface area contributed by atoms with Gasteiger partial charge in [0.2, 0.25) is 0 Å². The van der Waals surface area contributed by atoms with Crippen molar-refractivity contribution < 1.29 is 14.9 Å². The molecule has 0 radical (unpaired) electrons. The highest BCUT2D eigenvalue weighted by molar-refractivity contribution is 5.82. The summed E-state index contributed by atoms with van der Waals surface area (Å²) in [6, 6.07) is 0. The van der Waals surface area contributed by atoms with E-state index in [1.807, 2.05) is 0 Å². The van der Waals surface area contributed by atoms with Gasteiger partial charge in [-0.1, -0.05) is 0 Å². The molecule has 3 N–H and O–H groups in total. The number of aliphatic hydroxyl groups is 2. The Kier molecular flexibility index (Phi) is 2.33. The fourth-order valence-electron chi connectivity index (χ4n) is 3.05. The Bertz CT molecular complexity index is 674. The average Bonchev–Trinajstić information content (AvgIpc) is 2.92. The molecule has 0 bridgehead atoms. The van der Waals surface area contributed by atoms with Crippen LogP contribution in [-0.2, 0) is 4.74 Å². The van der Waals surface area contributed by atoms with Crippen molar-refractivity contribution in [3.8, 4) is 0 Å². The van der Waals surface area contributed by atoms with Crippen LogP contribution in [-0.4, -0.2) is 55.1 Å². The first-order valence-electron chi connectivity index (χ1n) is 6.52. The van der Waals surface area contributed by atoms with Crippen LogP contribution in [0.5, 0.6) is 0 Å². The van der Waals surface area contributed by atoms with E-state index in [9.17, 15) is 10.2 Å². The molecule has 1 saturated heterocycles. The number of aromatic nitrogens is 4. The molecule has 8 nitrogen and oxygen atoms in total. The molecule has 4 rings (SSSR count). The third-order valence-corrected chi connectivity index (χ3v) is 4.28. The highest BCUT2D eigenvalue weighted by Gasteiger charge is 2.67. The molecule has 20 heavy (non-hydrogen) atoms. The Morgan fingerprint density at radius 1 is 1.50 bits per heavy atom. The van der Waals surface area contributed by atoms with Gasteiger partial charge in [0.25, 0.3) is 0 Å². The Labute approximate surface area is 114 Å². The molecule has 1 saturated carbocycles. The molecule has 2 aromatic heterocycles. The second kappa shape index (κ2) is 3.87.